The van der Waals surface area contributed by atoms with Gasteiger partial charge in [0.2, 0.25) is 0 Å². The minimum absolute atomic E-state index is 0.748. The molecule has 0 aromatic carbocycles. The van der Waals surface area contributed by atoms with Crippen molar-refractivity contribution in [2.24, 2.45) is 0 Å². The van der Waals surface area contributed by atoms with Gasteiger partial charge in [-0.3, -0.25) is 0 Å². The number of amides is 1. The smallest absolute Gasteiger partial charge is 0.404 e. The molecule has 0 aromatic rings. The van der Waals surface area contributed by atoms with Gasteiger partial charge in [0.25, 0.3) is 0 Å². The lowest BCUT2D eigenvalue weighted by Gasteiger charge is -2.10. The number of nitrogens with zero attached hydrogens (tertiary/aromatic N) is 1. The van der Waals surface area contributed by atoms with Crippen LogP contribution in [0.25, 0.3) is 0 Å². The summed E-state index contributed by atoms with van der Waals surface area (Å²) in [4.78, 5) is 9.90. The highest BCUT2D eigenvalue weighted by molar-refractivity contribution is 5.64. The van der Waals surface area contributed by atoms with Crippen molar-refractivity contribution in [3.05, 3.63) is 0 Å². The monoisotopic (exact) mass is 144 g/mol. The molecule has 0 saturated carbocycles. The Labute approximate surface area is 57.9 Å². The molecule has 0 spiro atoms. The van der Waals surface area contributed by atoms with E-state index in [1.165, 1.54) is 13.0 Å². The van der Waals surface area contributed by atoms with Gasteiger partial charge in [-0.2, -0.15) is 5.26 Å². The molecule has 0 fully saturated rings. The zero-order valence-electron chi connectivity index (χ0n) is 5.40. The molecule has 0 bridgehead atoms. The van der Waals surface area contributed by atoms with Crippen molar-refractivity contribution in [2.75, 3.05) is 0 Å². The van der Waals surface area contributed by atoms with Crippen LogP contribution in [0.1, 0.15) is 6.92 Å². The van der Waals surface area contributed by atoms with Crippen molar-refractivity contribution in [3.63, 3.8) is 0 Å². The number of nitriles is 1. The zero-order chi connectivity index (χ0) is 8.15. The summed E-state index contributed by atoms with van der Waals surface area (Å²) in [6.45, 7) is 1.40. The van der Waals surface area contributed by atoms with Crippen LogP contribution in [0.2, 0.25) is 0 Å². The quantitative estimate of drug-likeness (QED) is 0.456. The maximum absolute atomic E-state index is 9.90. The third-order valence-corrected chi connectivity index (χ3v) is 0.957. The van der Waals surface area contributed by atoms with Gasteiger partial charge in [-0.15, -0.1) is 0 Å². The van der Waals surface area contributed by atoms with E-state index >= 15 is 0 Å². The Morgan fingerprint density at radius 1 is 1.80 bits per heavy atom. The molecule has 56 valence electrons. The molecule has 0 aliphatic rings. The van der Waals surface area contributed by atoms with Gasteiger partial charge in [-0.1, -0.05) is 0 Å². The van der Waals surface area contributed by atoms with E-state index < -0.39 is 18.2 Å². The van der Waals surface area contributed by atoms with Crippen LogP contribution in [0.15, 0.2) is 0 Å². The fourth-order valence-corrected chi connectivity index (χ4v) is 0.386. The first kappa shape index (κ1) is 8.72. The number of nitrogens with one attached hydrogen (secondary N) is 1. The Morgan fingerprint density at radius 3 is 2.60 bits per heavy atom. The Morgan fingerprint density at radius 2 is 2.30 bits per heavy atom. The molecule has 5 heteroatoms. The molecule has 0 heterocycles. The predicted molar refractivity (Wildman–Crippen MR) is 32.2 cm³/mol. The molecular weight excluding hydrogens is 136 g/mol. The summed E-state index contributed by atoms with van der Waals surface area (Å²) in [5.74, 6) is 0. The molecule has 0 aliphatic heterocycles. The number of hydrogen-bond acceptors (Lipinski definition) is 3. The summed E-state index contributed by atoms with van der Waals surface area (Å²) in [6.07, 6.45) is -2.53. The van der Waals surface area contributed by atoms with Gasteiger partial charge in [0.15, 0.2) is 6.10 Å². The van der Waals surface area contributed by atoms with E-state index in [1.54, 1.807) is 0 Å². The normalized spacial score (nSPS) is 14.9. The minimum atomic E-state index is -1.28. The van der Waals surface area contributed by atoms with Crippen LogP contribution in [0.4, 0.5) is 4.79 Å². The largest absolute Gasteiger partial charge is 0.465 e. The first-order valence-electron chi connectivity index (χ1n) is 2.65. The van der Waals surface area contributed by atoms with Crippen molar-refractivity contribution in [3.8, 4) is 6.07 Å². The van der Waals surface area contributed by atoms with Crippen LogP contribution in [0.3, 0.4) is 0 Å². The molecule has 0 rings (SSSR count). The average Bonchev–Trinajstić information content (AvgIpc) is 1.85. The third kappa shape index (κ3) is 2.89. The SMILES string of the molecule is CC(NC(=O)O)C(O)C#N. The molecule has 1 amide bonds. The van der Waals surface area contributed by atoms with Crippen molar-refractivity contribution < 1.29 is 15.0 Å². The predicted octanol–water partition coefficient (Wildman–Crippen LogP) is -0.473. The zero-order valence-corrected chi connectivity index (χ0v) is 5.40. The third-order valence-electron chi connectivity index (χ3n) is 0.957. The second-order valence-electron chi connectivity index (χ2n) is 1.81. The standard InChI is InChI=1S/C5H8N2O3/c1-3(4(8)2-6)7-5(9)10/h3-4,7-8H,1H3,(H,9,10). The molecule has 0 radical (unpaired) electrons. The first-order valence-corrected chi connectivity index (χ1v) is 2.65. The van der Waals surface area contributed by atoms with Gasteiger partial charge >= 0.3 is 6.09 Å². The van der Waals surface area contributed by atoms with Gasteiger partial charge in [0, 0.05) is 0 Å². The van der Waals surface area contributed by atoms with E-state index in [4.69, 9.17) is 15.5 Å². The molecule has 0 aromatic heterocycles. The van der Waals surface area contributed by atoms with Crippen LogP contribution in [0, 0.1) is 11.3 Å². The van der Waals surface area contributed by atoms with Gasteiger partial charge < -0.3 is 15.5 Å². The van der Waals surface area contributed by atoms with E-state index in [-0.39, 0.29) is 0 Å². The number of carbonyl (C=O) groups is 1. The van der Waals surface area contributed by atoms with Crippen LogP contribution >= 0.6 is 0 Å². The van der Waals surface area contributed by atoms with Crippen molar-refractivity contribution in [1.29, 1.82) is 5.26 Å². The number of carboxylic acid groups (broad SMARTS) is 1. The van der Waals surface area contributed by atoms with E-state index in [0.717, 1.165) is 0 Å². The average molecular weight is 144 g/mol. The fraction of sp³-hybridized carbons (Fsp3) is 0.600. The lowest BCUT2D eigenvalue weighted by molar-refractivity contribution is 0.160. The maximum Gasteiger partial charge on any atom is 0.404 e. The van der Waals surface area contributed by atoms with E-state index in [9.17, 15) is 4.79 Å². The number of rotatable bonds is 2. The topological polar surface area (TPSA) is 93.3 Å². The van der Waals surface area contributed by atoms with Crippen LogP contribution < -0.4 is 5.32 Å². The fourth-order valence-electron chi connectivity index (χ4n) is 0.386. The molecule has 0 saturated heterocycles. The summed E-state index contributed by atoms with van der Waals surface area (Å²) in [5, 5.41) is 26.8. The molecule has 5 nitrogen and oxygen atoms in total. The van der Waals surface area contributed by atoms with Gasteiger partial charge in [0.05, 0.1) is 12.1 Å². The van der Waals surface area contributed by atoms with Crippen LogP contribution in [-0.2, 0) is 0 Å². The molecular formula is C5H8N2O3. The van der Waals surface area contributed by atoms with Gasteiger partial charge in [-0.05, 0) is 6.92 Å². The van der Waals surface area contributed by atoms with Crippen LogP contribution in [-0.4, -0.2) is 28.5 Å². The summed E-state index contributed by atoms with van der Waals surface area (Å²) in [5.41, 5.74) is 0. The molecule has 0 aliphatic carbocycles. The highest BCUT2D eigenvalue weighted by Gasteiger charge is 2.13. The van der Waals surface area contributed by atoms with E-state index in [2.05, 4.69) is 0 Å². The van der Waals surface area contributed by atoms with Crippen molar-refractivity contribution >= 4 is 6.09 Å². The lowest BCUT2D eigenvalue weighted by Crippen LogP contribution is -2.39. The van der Waals surface area contributed by atoms with E-state index in [0.29, 0.717) is 0 Å². The van der Waals surface area contributed by atoms with Crippen molar-refractivity contribution in [2.45, 2.75) is 19.1 Å². The maximum atomic E-state index is 9.90. The minimum Gasteiger partial charge on any atom is -0.465 e. The second-order valence-corrected chi connectivity index (χ2v) is 1.81. The first-order chi connectivity index (χ1) is 4.57. The number of aliphatic hydroxyl groups excluding tert-OH is 1. The highest BCUT2D eigenvalue weighted by atomic mass is 16.4. The Bertz CT molecular complexity index is 163. The number of hydrogen-bond donors (Lipinski definition) is 3. The molecule has 10 heavy (non-hydrogen) atoms. The summed E-state index contributed by atoms with van der Waals surface area (Å²) >= 11 is 0. The second kappa shape index (κ2) is 3.69. The molecule has 2 atom stereocenters. The Balaban J connectivity index is 3.75. The summed E-state index contributed by atoms with van der Waals surface area (Å²) in [6, 6.07) is 0.752. The Kier molecular flexibility index (Phi) is 3.22. The van der Waals surface area contributed by atoms with Crippen LogP contribution in [0.5, 0.6) is 0 Å². The van der Waals surface area contributed by atoms with Crippen molar-refractivity contribution in [1.82, 2.24) is 5.32 Å². The number of aliphatic hydroxyl groups is 1. The summed E-state index contributed by atoms with van der Waals surface area (Å²) in [7, 11) is 0. The summed E-state index contributed by atoms with van der Waals surface area (Å²) < 4.78 is 0. The van der Waals surface area contributed by atoms with E-state index in [1.807, 2.05) is 5.32 Å². The van der Waals surface area contributed by atoms with Gasteiger partial charge in [-0.25, -0.2) is 4.79 Å². The molecule has 3 N–H and O–H groups in total. The molecule has 2 unspecified atom stereocenters. The highest BCUT2D eigenvalue weighted by Crippen LogP contribution is 1.88. The van der Waals surface area contributed by atoms with Gasteiger partial charge in [0.1, 0.15) is 0 Å². The Hall–Kier alpha value is -1.28. The lowest BCUT2D eigenvalue weighted by atomic mass is 10.2.